The molecule has 0 amide bonds. The molecule has 1 aliphatic rings. The van der Waals surface area contributed by atoms with Crippen LogP contribution in [0.3, 0.4) is 0 Å². The van der Waals surface area contributed by atoms with Crippen LogP contribution >= 0.6 is 15.9 Å². The lowest BCUT2D eigenvalue weighted by atomic mass is 10.0. The fourth-order valence-electron chi connectivity index (χ4n) is 2.97. The molecule has 0 atom stereocenters. The van der Waals surface area contributed by atoms with E-state index in [9.17, 15) is 4.79 Å². The molecular weight excluding hydrogens is 404 g/mol. The quantitative estimate of drug-likeness (QED) is 0.665. The summed E-state index contributed by atoms with van der Waals surface area (Å²) in [5.41, 5.74) is 2.23. The summed E-state index contributed by atoms with van der Waals surface area (Å²) < 4.78 is 5.67. The molecule has 0 aliphatic carbocycles. The highest BCUT2D eigenvalue weighted by Crippen LogP contribution is 2.31. The van der Waals surface area contributed by atoms with Crippen LogP contribution < -0.4 is 10.2 Å². The van der Waals surface area contributed by atoms with Crippen LogP contribution in [-0.4, -0.2) is 31.2 Å². The SMILES string of the molecule is Brc1ccc(N(c2ccccc2)C2CCNCC2)cc1.CC(C)(C)OC=O. The molecule has 27 heavy (non-hydrogen) atoms. The van der Waals surface area contributed by atoms with Gasteiger partial charge in [0.05, 0.1) is 0 Å². The van der Waals surface area contributed by atoms with Gasteiger partial charge in [0.15, 0.2) is 0 Å². The van der Waals surface area contributed by atoms with Crippen LogP contribution in [0.5, 0.6) is 0 Å². The minimum atomic E-state index is -0.318. The molecule has 0 saturated carbocycles. The highest BCUT2D eigenvalue weighted by atomic mass is 79.9. The number of ether oxygens (including phenoxy) is 1. The summed E-state index contributed by atoms with van der Waals surface area (Å²) in [5, 5.41) is 3.45. The van der Waals surface area contributed by atoms with Gasteiger partial charge in [-0.2, -0.15) is 0 Å². The average molecular weight is 433 g/mol. The minimum absolute atomic E-state index is 0.318. The molecule has 5 heteroatoms. The third-order valence-electron chi connectivity index (χ3n) is 4.21. The van der Waals surface area contributed by atoms with Gasteiger partial charge in [0.1, 0.15) is 5.60 Å². The third-order valence-corrected chi connectivity index (χ3v) is 4.74. The molecule has 0 unspecified atom stereocenters. The van der Waals surface area contributed by atoms with E-state index in [1.165, 1.54) is 24.2 Å². The Morgan fingerprint density at radius 1 is 1.00 bits per heavy atom. The fraction of sp³-hybridized carbons (Fsp3) is 0.409. The van der Waals surface area contributed by atoms with E-state index < -0.39 is 0 Å². The second-order valence-corrected chi connectivity index (χ2v) is 8.41. The van der Waals surface area contributed by atoms with E-state index in [0.29, 0.717) is 12.5 Å². The molecule has 3 rings (SSSR count). The van der Waals surface area contributed by atoms with E-state index in [2.05, 4.69) is 85.5 Å². The van der Waals surface area contributed by atoms with E-state index in [-0.39, 0.29) is 5.60 Å². The van der Waals surface area contributed by atoms with Crippen molar-refractivity contribution >= 4 is 33.8 Å². The Hall–Kier alpha value is -1.85. The lowest BCUT2D eigenvalue weighted by Gasteiger charge is -2.36. The molecule has 1 N–H and O–H groups in total. The van der Waals surface area contributed by atoms with Crippen molar-refractivity contribution < 1.29 is 9.53 Å². The fourth-order valence-corrected chi connectivity index (χ4v) is 3.23. The Bertz CT molecular complexity index is 678. The van der Waals surface area contributed by atoms with Gasteiger partial charge in [0.25, 0.3) is 6.47 Å². The third kappa shape index (κ3) is 7.35. The van der Waals surface area contributed by atoms with E-state index in [1.807, 2.05) is 20.8 Å². The maximum absolute atomic E-state index is 9.60. The van der Waals surface area contributed by atoms with Crippen LogP contribution in [0, 0.1) is 0 Å². The Morgan fingerprint density at radius 3 is 2.04 bits per heavy atom. The first kappa shape index (κ1) is 21.5. The molecule has 1 heterocycles. The predicted octanol–water partition coefficient (Wildman–Crippen LogP) is 5.30. The molecular formula is C22H29BrN2O2. The van der Waals surface area contributed by atoms with Gasteiger partial charge in [-0.15, -0.1) is 0 Å². The zero-order valence-corrected chi connectivity index (χ0v) is 17.9. The van der Waals surface area contributed by atoms with Gasteiger partial charge in [-0.3, -0.25) is 4.79 Å². The second-order valence-electron chi connectivity index (χ2n) is 7.49. The van der Waals surface area contributed by atoms with Gasteiger partial charge in [-0.1, -0.05) is 34.1 Å². The topological polar surface area (TPSA) is 41.6 Å². The van der Waals surface area contributed by atoms with E-state index in [4.69, 9.17) is 0 Å². The van der Waals surface area contributed by atoms with Crippen molar-refractivity contribution in [2.75, 3.05) is 18.0 Å². The van der Waals surface area contributed by atoms with Crippen molar-refractivity contribution in [3.63, 3.8) is 0 Å². The van der Waals surface area contributed by atoms with Gasteiger partial charge < -0.3 is 15.0 Å². The van der Waals surface area contributed by atoms with Gasteiger partial charge >= 0.3 is 0 Å². The number of nitrogens with zero attached hydrogens (tertiary/aromatic N) is 1. The highest BCUT2D eigenvalue weighted by Gasteiger charge is 2.22. The summed E-state index contributed by atoms with van der Waals surface area (Å²) in [6.07, 6.45) is 2.37. The van der Waals surface area contributed by atoms with E-state index in [0.717, 1.165) is 17.6 Å². The Labute approximate surface area is 171 Å². The van der Waals surface area contributed by atoms with Gasteiger partial charge in [-0.25, -0.2) is 0 Å². The van der Waals surface area contributed by atoms with E-state index in [1.54, 1.807) is 0 Å². The summed E-state index contributed by atoms with van der Waals surface area (Å²) in [7, 11) is 0. The molecule has 0 bridgehead atoms. The molecule has 1 aliphatic heterocycles. The van der Waals surface area contributed by atoms with Gasteiger partial charge in [0.2, 0.25) is 0 Å². The summed E-state index contributed by atoms with van der Waals surface area (Å²) in [5.74, 6) is 0. The Kier molecular flexibility index (Phi) is 8.32. The van der Waals surface area contributed by atoms with Crippen molar-refractivity contribution in [2.45, 2.75) is 45.3 Å². The predicted molar refractivity (Wildman–Crippen MR) is 116 cm³/mol. The maximum Gasteiger partial charge on any atom is 0.293 e. The lowest BCUT2D eigenvalue weighted by molar-refractivity contribution is -0.138. The zero-order valence-electron chi connectivity index (χ0n) is 16.3. The summed E-state index contributed by atoms with van der Waals surface area (Å²) >= 11 is 3.52. The molecule has 146 valence electrons. The van der Waals surface area contributed by atoms with Gasteiger partial charge in [-0.05, 0) is 83.1 Å². The van der Waals surface area contributed by atoms with Crippen LogP contribution in [0.2, 0.25) is 0 Å². The number of para-hydroxylation sites is 1. The molecule has 0 radical (unpaired) electrons. The average Bonchev–Trinajstić information content (AvgIpc) is 2.65. The monoisotopic (exact) mass is 432 g/mol. The maximum atomic E-state index is 9.60. The van der Waals surface area contributed by atoms with E-state index >= 15 is 0 Å². The lowest BCUT2D eigenvalue weighted by Crippen LogP contribution is -2.40. The number of carbonyl (C=O) groups is 1. The van der Waals surface area contributed by atoms with Crippen LogP contribution in [-0.2, 0) is 9.53 Å². The number of halogens is 1. The molecule has 1 saturated heterocycles. The number of anilines is 2. The standard InChI is InChI=1S/C17H19BrN2.C5H10O2/c18-14-6-8-16(9-7-14)20(15-4-2-1-3-5-15)17-10-12-19-13-11-17;1-5(2,3)7-4-6/h1-9,17,19H,10-13H2;4H,1-3H3. The molecule has 0 spiro atoms. The number of carbonyl (C=O) groups excluding carboxylic acids is 1. The van der Waals surface area contributed by atoms with Crippen LogP contribution in [0.25, 0.3) is 0 Å². The number of piperidine rings is 1. The van der Waals surface area contributed by atoms with Crippen LogP contribution in [0.4, 0.5) is 11.4 Å². The van der Waals surface area contributed by atoms with Crippen molar-refractivity contribution in [1.29, 1.82) is 0 Å². The second kappa shape index (κ2) is 10.5. The first-order valence-corrected chi connectivity index (χ1v) is 10.1. The smallest absolute Gasteiger partial charge is 0.293 e. The Balaban J connectivity index is 0.000000321. The summed E-state index contributed by atoms with van der Waals surface area (Å²) in [6, 6.07) is 19.9. The molecule has 2 aromatic carbocycles. The minimum Gasteiger partial charge on any atom is -0.462 e. The largest absolute Gasteiger partial charge is 0.462 e. The number of hydrogen-bond donors (Lipinski definition) is 1. The zero-order chi connectivity index (χ0) is 19.7. The Morgan fingerprint density at radius 2 is 1.56 bits per heavy atom. The van der Waals surface area contributed by atoms with Crippen molar-refractivity contribution in [2.24, 2.45) is 0 Å². The van der Waals surface area contributed by atoms with Crippen molar-refractivity contribution in [3.8, 4) is 0 Å². The number of hydrogen-bond acceptors (Lipinski definition) is 4. The van der Waals surface area contributed by atoms with Gasteiger partial charge in [0, 0.05) is 21.9 Å². The van der Waals surface area contributed by atoms with Crippen LogP contribution in [0.15, 0.2) is 59.1 Å². The molecule has 4 nitrogen and oxygen atoms in total. The molecule has 0 aromatic heterocycles. The summed E-state index contributed by atoms with van der Waals surface area (Å²) in [6.45, 7) is 8.12. The van der Waals surface area contributed by atoms with Crippen molar-refractivity contribution in [1.82, 2.24) is 5.32 Å². The molecule has 1 fully saturated rings. The normalized spacial score (nSPS) is 14.7. The molecule has 2 aromatic rings. The number of rotatable bonds is 4. The summed E-state index contributed by atoms with van der Waals surface area (Å²) in [4.78, 5) is 12.1. The highest BCUT2D eigenvalue weighted by molar-refractivity contribution is 9.10. The number of benzene rings is 2. The van der Waals surface area contributed by atoms with Crippen LogP contribution in [0.1, 0.15) is 33.6 Å². The number of nitrogens with one attached hydrogen (secondary N) is 1. The first-order chi connectivity index (χ1) is 12.9. The first-order valence-electron chi connectivity index (χ1n) is 9.33. The van der Waals surface area contributed by atoms with Crippen molar-refractivity contribution in [3.05, 3.63) is 59.1 Å².